The minimum Gasteiger partial charge on any atom is -0.356 e. The maximum Gasteiger partial charge on any atom is 0.246 e. The zero-order chi connectivity index (χ0) is 24.4. The summed E-state index contributed by atoms with van der Waals surface area (Å²) < 4.78 is 0. The van der Waals surface area contributed by atoms with E-state index in [4.69, 9.17) is 0 Å². The van der Waals surface area contributed by atoms with E-state index in [2.05, 4.69) is 61.3 Å². The number of nitrogens with one attached hydrogen (secondary N) is 2. The number of H-pyrrole nitrogens is 1. The van der Waals surface area contributed by atoms with Crippen molar-refractivity contribution in [1.82, 2.24) is 14.8 Å². The Hall–Kier alpha value is -3.12. The summed E-state index contributed by atoms with van der Waals surface area (Å²) in [5, 5.41) is 1.18. The zero-order valence-electron chi connectivity index (χ0n) is 20.9. The molecule has 0 spiro atoms. The molecule has 0 bridgehead atoms. The van der Waals surface area contributed by atoms with E-state index in [1.165, 1.54) is 21.4 Å². The number of hydrogen-bond donors (Lipinski definition) is 2. The molecule has 2 aliphatic heterocycles. The second kappa shape index (κ2) is 10.2. The van der Waals surface area contributed by atoms with Crippen LogP contribution in [0.2, 0.25) is 0 Å². The van der Waals surface area contributed by atoms with Crippen LogP contribution in [0, 0.1) is 0 Å². The third-order valence-electron chi connectivity index (χ3n) is 7.97. The van der Waals surface area contributed by atoms with Gasteiger partial charge in [-0.05, 0) is 43.9 Å². The summed E-state index contributed by atoms with van der Waals surface area (Å²) >= 11 is 0. The van der Waals surface area contributed by atoms with Gasteiger partial charge in [0.25, 0.3) is 0 Å². The van der Waals surface area contributed by atoms with Crippen molar-refractivity contribution in [2.75, 3.05) is 32.7 Å². The van der Waals surface area contributed by atoms with Crippen LogP contribution in [0.3, 0.4) is 0 Å². The van der Waals surface area contributed by atoms with Gasteiger partial charge in [-0.15, -0.1) is 0 Å². The minimum absolute atomic E-state index is 0.0761. The van der Waals surface area contributed by atoms with Crippen molar-refractivity contribution < 1.29 is 14.5 Å². The lowest BCUT2D eigenvalue weighted by Gasteiger charge is -2.47. The highest BCUT2D eigenvalue weighted by Crippen LogP contribution is 2.41. The molecule has 0 aliphatic carbocycles. The van der Waals surface area contributed by atoms with Crippen LogP contribution in [0.5, 0.6) is 0 Å². The summed E-state index contributed by atoms with van der Waals surface area (Å²) in [6, 6.07) is 18.2. The first-order chi connectivity index (χ1) is 17.1. The Balaban J connectivity index is 1.42. The van der Waals surface area contributed by atoms with E-state index in [0.717, 1.165) is 50.1 Å². The molecule has 2 N–H and O–H groups in total. The maximum absolute atomic E-state index is 13.7. The van der Waals surface area contributed by atoms with Crippen molar-refractivity contribution in [3.63, 3.8) is 0 Å². The molecule has 2 amide bonds. The molecular weight excluding hydrogens is 436 g/mol. The van der Waals surface area contributed by atoms with Crippen molar-refractivity contribution in [3.05, 3.63) is 71.4 Å². The quantitative estimate of drug-likeness (QED) is 0.502. The molecule has 1 fully saturated rings. The number of rotatable bonds is 9. The Labute approximate surface area is 207 Å². The van der Waals surface area contributed by atoms with Crippen LogP contribution < -0.4 is 4.90 Å². The van der Waals surface area contributed by atoms with Gasteiger partial charge in [-0.25, -0.2) is 0 Å². The highest BCUT2D eigenvalue weighted by atomic mass is 16.2. The third kappa shape index (κ3) is 4.59. The lowest BCUT2D eigenvalue weighted by atomic mass is 9.86. The molecule has 5 rings (SSSR count). The third-order valence-corrected chi connectivity index (χ3v) is 7.97. The first kappa shape index (κ1) is 23.6. The number of quaternary nitrogens is 1. The van der Waals surface area contributed by atoms with Gasteiger partial charge < -0.3 is 19.7 Å². The summed E-state index contributed by atoms with van der Waals surface area (Å²) in [5.41, 5.74) is 4.65. The summed E-state index contributed by atoms with van der Waals surface area (Å²) in [4.78, 5) is 36.2. The van der Waals surface area contributed by atoms with Crippen molar-refractivity contribution in [3.8, 4) is 0 Å². The van der Waals surface area contributed by atoms with Gasteiger partial charge in [-0.3, -0.25) is 9.59 Å². The van der Waals surface area contributed by atoms with Gasteiger partial charge in [-0.1, -0.05) is 48.5 Å². The number of aromatic amines is 1. The lowest BCUT2D eigenvalue weighted by Crippen LogP contribution is -3.11. The molecule has 184 valence electrons. The second-order valence-electron chi connectivity index (χ2n) is 9.94. The molecule has 2 atom stereocenters. The largest absolute Gasteiger partial charge is 0.356 e. The van der Waals surface area contributed by atoms with Crippen LogP contribution in [0.1, 0.15) is 49.6 Å². The number of para-hydroxylation sites is 1. The fourth-order valence-electron chi connectivity index (χ4n) is 6.00. The highest BCUT2D eigenvalue weighted by Gasteiger charge is 2.47. The fraction of sp³-hybridized carbons (Fsp3) is 0.448. The summed E-state index contributed by atoms with van der Waals surface area (Å²) in [5.74, 6) is 0.187. The second-order valence-corrected chi connectivity index (χ2v) is 9.94. The molecule has 3 heterocycles. The van der Waals surface area contributed by atoms with Crippen LogP contribution in [0.15, 0.2) is 54.6 Å². The summed E-state index contributed by atoms with van der Waals surface area (Å²) in [7, 11) is 0. The van der Waals surface area contributed by atoms with Crippen molar-refractivity contribution in [2.45, 2.75) is 51.6 Å². The Morgan fingerprint density at radius 2 is 1.74 bits per heavy atom. The Morgan fingerprint density at radius 1 is 1.00 bits per heavy atom. The number of aromatic nitrogens is 1. The van der Waals surface area contributed by atoms with Gasteiger partial charge >= 0.3 is 0 Å². The smallest absolute Gasteiger partial charge is 0.246 e. The zero-order valence-corrected chi connectivity index (χ0v) is 20.9. The van der Waals surface area contributed by atoms with Gasteiger partial charge in [0.2, 0.25) is 11.8 Å². The minimum atomic E-state index is -0.412. The van der Waals surface area contributed by atoms with E-state index >= 15 is 0 Å². The monoisotopic (exact) mass is 473 g/mol. The number of nitrogens with zero attached hydrogens (tertiary/aromatic N) is 2. The number of carbonyl (C=O) groups is 2. The molecule has 0 saturated carbocycles. The predicted octanol–water partition coefficient (Wildman–Crippen LogP) is 2.75. The number of fused-ring (bicyclic) bond motifs is 4. The lowest BCUT2D eigenvalue weighted by molar-refractivity contribution is -0.896. The molecule has 0 unspecified atom stereocenters. The van der Waals surface area contributed by atoms with Gasteiger partial charge in [0.15, 0.2) is 0 Å². The average Bonchev–Trinajstić information content (AvgIpc) is 3.26. The Morgan fingerprint density at radius 3 is 2.51 bits per heavy atom. The van der Waals surface area contributed by atoms with E-state index in [1.807, 2.05) is 21.9 Å². The average molecular weight is 474 g/mol. The van der Waals surface area contributed by atoms with E-state index in [-0.39, 0.29) is 24.4 Å². The number of carbonyl (C=O) groups excluding carboxylic acids is 2. The molecule has 3 aromatic rings. The molecular formula is C29H37N4O2+. The topological polar surface area (TPSA) is 60.9 Å². The predicted molar refractivity (Wildman–Crippen MR) is 138 cm³/mol. The fourth-order valence-corrected chi connectivity index (χ4v) is 6.00. The van der Waals surface area contributed by atoms with Crippen LogP contribution in [0.25, 0.3) is 10.9 Å². The maximum atomic E-state index is 13.7. The summed E-state index contributed by atoms with van der Waals surface area (Å²) in [6.07, 6.45) is 3.17. The van der Waals surface area contributed by atoms with Crippen LogP contribution in [-0.4, -0.2) is 65.4 Å². The molecule has 6 nitrogen and oxygen atoms in total. The van der Waals surface area contributed by atoms with Crippen molar-refractivity contribution in [1.29, 1.82) is 0 Å². The van der Waals surface area contributed by atoms with Gasteiger partial charge in [0.05, 0.1) is 32.2 Å². The Bertz CT molecular complexity index is 1180. The van der Waals surface area contributed by atoms with Crippen LogP contribution in [-0.2, 0) is 22.4 Å². The number of hydrogen-bond acceptors (Lipinski definition) is 2. The number of aryl methyl sites for hydroxylation is 1. The first-order valence-electron chi connectivity index (χ1n) is 13.2. The molecule has 35 heavy (non-hydrogen) atoms. The number of benzene rings is 2. The number of piperazine rings is 1. The van der Waals surface area contributed by atoms with Crippen LogP contribution >= 0.6 is 0 Å². The summed E-state index contributed by atoms with van der Waals surface area (Å²) in [6.45, 7) is 8.46. The number of amides is 2. The van der Waals surface area contributed by atoms with Gasteiger partial charge in [-0.2, -0.15) is 0 Å². The van der Waals surface area contributed by atoms with Crippen molar-refractivity contribution >= 4 is 22.7 Å². The van der Waals surface area contributed by atoms with Gasteiger partial charge in [0.1, 0.15) is 6.04 Å². The first-order valence-corrected chi connectivity index (χ1v) is 13.2. The normalized spacial score (nSPS) is 20.0. The molecule has 2 aromatic carbocycles. The van der Waals surface area contributed by atoms with Crippen LogP contribution in [0.4, 0.5) is 0 Å². The standard InChI is InChI=1S/C29H36N4O2/c1-3-31(4-2)17-10-18-32-20-27(34)33-25(16-15-21-11-6-5-7-12-21)28-23(19-26(33)29(32)35)22-13-8-9-14-24(22)30-28/h5-9,11-14,25-26,30H,3-4,10,15-20H2,1-2H3/p+1/t25-,26-/m0/s1. The SMILES string of the molecule is CC[NH+](CC)CCCN1CC(=O)N2[C@@H](Cc3c([nH]c4ccccc34)[C@@H]2CCc2ccccc2)C1=O. The van der Waals surface area contributed by atoms with E-state index in [1.54, 1.807) is 0 Å². The van der Waals surface area contributed by atoms with Crippen molar-refractivity contribution in [2.24, 2.45) is 0 Å². The van der Waals surface area contributed by atoms with E-state index in [0.29, 0.717) is 13.0 Å². The van der Waals surface area contributed by atoms with E-state index < -0.39 is 6.04 Å². The molecule has 1 saturated heterocycles. The molecule has 1 aromatic heterocycles. The molecule has 0 radical (unpaired) electrons. The Kier molecular flexibility index (Phi) is 6.91. The molecule has 6 heteroatoms. The van der Waals surface area contributed by atoms with Gasteiger partial charge in [0, 0.05) is 36.0 Å². The highest BCUT2D eigenvalue weighted by molar-refractivity contribution is 5.97. The molecule has 2 aliphatic rings. The van der Waals surface area contributed by atoms with E-state index in [9.17, 15) is 9.59 Å².